The lowest BCUT2D eigenvalue weighted by atomic mass is 9.83. The topological polar surface area (TPSA) is 29.1 Å². The van der Waals surface area contributed by atoms with E-state index in [2.05, 4.69) is 42.0 Å². The second-order valence-corrected chi connectivity index (χ2v) is 7.09. The van der Waals surface area contributed by atoms with E-state index in [0.717, 1.165) is 26.9 Å². The average Bonchev–Trinajstić information content (AvgIpc) is 2.42. The van der Waals surface area contributed by atoms with Gasteiger partial charge < -0.3 is 5.32 Å². The summed E-state index contributed by atoms with van der Waals surface area (Å²) in [6.45, 7) is 8.34. The fourth-order valence-electron chi connectivity index (χ4n) is 2.26. The highest BCUT2D eigenvalue weighted by Gasteiger charge is 2.21. The zero-order valence-electron chi connectivity index (χ0n) is 12.8. The minimum absolute atomic E-state index is 0.0717. The van der Waals surface area contributed by atoms with Crippen LogP contribution < -0.4 is 5.32 Å². The Morgan fingerprint density at radius 3 is 2.43 bits per heavy atom. The summed E-state index contributed by atoms with van der Waals surface area (Å²) in [4.78, 5) is 12.6. The van der Waals surface area contributed by atoms with Gasteiger partial charge in [-0.05, 0) is 57.6 Å². The van der Waals surface area contributed by atoms with Crippen LogP contribution in [0.1, 0.15) is 42.3 Å². The zero-order valence-corrected chi connectivity index (χ0v) is 14.4. The van der Waals surface area contributed by atoms with E-state index in [1.807, 2.05) is 49.4 Å². The van der Waals surface area contributed by atoms with Crippen molar-refractivity contribution < 1.29 is 4.79 Å². The van der Waals surface area contributed by atoms with Crippen molar-refractivity contribution >= 4 is 27.5 Å². The van der Waals surface area contributed by atoms with Gasteiger partial charge in [-0.3, -0.25) is 4.79 Å². The third-order valence-electron chi connectivity index (χ3n) is 3.35. The van der Waals surface area contributed by atoms with Crippen LogP contribution in [-0.4, -0.2) is 5.91 Å². The highest BCUT2D eigenvalue weighted by atomic mass is 79.9. The van der Waals surface area contributed by atoms with Crippen LogP contribution in [-0.2, 0) is 5.41 Å². The summed E-state index contributed by atoms with van der Waals surface area (Å²) in [6.07, 6.45) is 0. The fraction of sp³-hybridized carbons (Fsp3) is 0.278. The van der Waals surface area contributed by atoms with Crippen molar-refractivity contribution in [3.8, 4) is 0 Å². The largest absolute Gasteiger partial charge is 0.321 e. The van der Waals surface area contributed by atoms with Gasteiger partial charge in [0.2, 0.25) is 0 Å². The molecule has 1 N–H and O–H groups in total. The van der Waals surface area contributed by atoms with E-state index < -0.39 is 0 Å². The van der Waals surface area contributed by atoms with Crippen molar-refractivity contribution in [2.45, 2.75) is 33.1 Å². The first-order valence-corrected chi connectivity index (χ1v) is 7.75. The lowest BCUT2D eigenvalue weighted by Crippen LogP contribution is -2.21. The lowest BCUT2D eigenvalue weighted by molar-refractivity contribution is 0.102. The number of nitrogens with one attached hydrogen (secondary N) is 1. The summed E-state index contributed by atoms with van der Waals surface area (Å²) in [5.74, 6) is -0.0770. The van der Waals surface area contributed by atoms with Gasteiger partial charge in [0.1, 0.15) is 0 Å². The summed E-state index contributed by atoms with van der Waals surface area (Å²) in [5, 5.41) is 2.99. The number of carbonyl (C=O) groups excluding carboxylic acids is 1. The number of benzene rings is 2. The Morgan fingerprint density at radius 2 is 1.76 bits per heavy atom. The first kappa shape index (κ1) is 15.8. The molecule has 0 radical (unpaired) electrons. The van der Waals surface area contributed by atoms with Crippen molar-refractivity contribution in [2.24, 2.45) is 0 Å². The highest BCUT2D eigenvalue weighted by molar-refractivity contribution is 9.10. The first-order chi connectivity index (χ1) is 9.79. The molecule has 0 aliphatic carbocycles. The van der Waals surface area contributed by atoms with E-state index in [1.165, 1.54) is 0 Å². The Balaban J connectivity index is 2.36. The third-order valence-corrected chi connectivity index (χ3v) is 4.04. The summed E-state index contributed by atoms with van der Waals surface area (Å²) in [6, 6.07) is 13.7. The number of carbonyl (C=O) groups is 1. The summed E-state index contributed by atoms with van der Waals surface area (Å²) >= 11 is 3.47. The molecular weight excluding hydrogens is 326 g/mol. The van der Waals surface area contributed by atoms with Crippen LogP contribution >= 0.6 is 15.9 Å². The molecule has 110 valence electrons. The molecule has 0 unspecified atom stereocenters. The predicted molar refractivity (Wildman–Crippen MR) is 92.0 cm³/mol. The van der Waals surface area contributed by atoms with E-state index in [9.17, 15) is 4.79 Å². The van der Waals surface area contributed by atoms with Crippen LogP contribution in [0.25, 0.3) is 0 Å². The van der Waals surface area contributed by atoms with Crippen LogP contribution in [0.5, 0.6) is 0 Å². The number of hydrogen-bond donors (Lipinski definition) is 1. The van der Waals surface area contributed by atoms with E-state index >= 15 is 0 Å². The second-order valence-electron chi connectivity index (χ2n) is 6.23. The van der Waals surface area contributed by atoms with E-state index in [0.29, 0.717) is 0 Å². The quantitative estimate of drug-likeness (QED) is 0.785. The summed E-state index contributed by atoms with van der Waals surface area (Å²) in [5.41, 5.74) is 3.60. The van der Waals surface area contributed by atoms with Crippen LogP contribution in [0.4, 0.5) is 5.69 Å². The standard InChI is InChI=1S/C18H20BrNO/c1-12-9-10-15(19)16(11-12)20-17(21)13-7-5-6-8-14(13)18(2,3)4/h5-11H,1-4H3,(H,20,21). The van der Waals surface area contributed by atoms with Gasteiger partial charge in [0, 0.05) is 10.0 Å². The molecule has 0 saturated carbocycles. The minimum Gasteiger partial charge on any atom is -0.321 e. The monoisotopic (exact) mass is 345 g/mol. The van der Waals surface area contributed by atoms with Gasteiger partial charge in [0.05, 0.1) is 5.69 Å². The molecule has 0 aliphatic rings. The molecule has 1 amide bonds. The maximum absolute atomic E-state index is 12.6. The second kappa shape index (κ2) is 6.02. The van der Waals surface area contributed by atoms with Crippen molar-refractivity contribution in [1.82, 2.24) is 0 Å². The van der Waals surface area contributed by atoms with Crippen LogP contribution in [0.3, 0.4) is 0 Å². The van der Waals surface area contributed by atoms with Crippen LogP contribution in [0.15, 0.2) is 46.9 Å². The molecule has 0 fully saturated rings. The first-order valence-electron chi connectivity index (χ1n) is 6.96. The van der Waals surface area contributed by atoms with Gasteiger partial charge in [-0.15, -0.1) is 0 Å². The SMILES string of the molecule is Cc1ccc(Br)c(NC(=O)c2ccccc2C(C)(C)C)c1. The Kier molecular flexibility index (Phi) is 4.52. The fourth-order valence-corrected chi connectivity index (χ4v) is 2.61. The highest BCUT2D eigenvalue weighted by Crippen LogP contribution is 2.28. The van der Waals surface area contributed by atoms with Crippen LogP contribution in [0.2, 0.25) is 0 Å². The molecular formula is C18H20BrNO. The Morgan fingerprint density at radius 1 is 1.10 bits per heavy atom. The molecule has 2 aromatic rings. The Bertz CT molecular complexity index is 671. The molecule has 21 heavy (non-hydrogen) atoms. The minimum atomic E-state index is -0.0770. The molecule has 2 rings (SSSR count). The number of aryl methyl sites for hydroxylation is 1. The molecule has 2 nitrogen and oxygen atoms in total. The Labute approximate surface area is 134 Å². The molecule has 0 atom stereocenters. The molecule has 0 bridgehead atoms. The van der Waals surface area contributed by atoms with Gasteiger partial charge >= 0.3 is 0 Å². The van der Waals surface area contributed by atoms with Crippen molar-refractivity contribution in [2.75, 3.05) is 5.32 Å². The maximum atomic E-state index is 12.6. The van der Waals surface area contributed by atoms with Gasteiger partial charge in [0.25, 0.3) is 5.91 Å². The molecule has 3 heteroatoms. The van der Waals surface area contributed by atoms with E-state index in [-0.39, 0.29) is 11.3 Å². The number of rotatable bonds is 2. The zero-order chi connectivity index (χ0) is 15.6. The van der Waals surface area contributed by atoms with Crippen molar-refractivity contribution in [3.05, 3.63) is 63.6 Å². The molecule has 2 aromatic carbocycles. The molecule has 0 heterocycles. The van der Waals surface area contributed by atoms with Gasteiger partial charge in [0.15, 0.2) is 0 Å². The van der Waals surface area contributed by atoms with E-state index in [1.54, 1.807) is 0 Å². The molecule has 0 saturated heterocycles. The van der Waals surface area contributed by atoms with Crippen LogP contribution in [0, 0.1) is 6.92 Å². The average molecular weight is 346 g/mol. The molecule has 0 aromatic heterocycles. The predicted octanol–water partition coefficient (Wildman–Crippen LogP) is 5.31. The Hall–Kier alpha value is -1.61. The smallest absolute Gasteiger partial charge is 0.255 e. The number of halogens is 1. The summed E-state index contributed by atoms with van der Waals surface area (Å²) in [7, 11) is 0. The van der Waals surface area contributed by atoms with Gasteiger partial charge in [-0.25, -0.2) is 0 Å². The van der Waals surface area contributed by atoms with Crippen molar-refractivity contribution in [1.29, 1.82) is 0 Å². The van der Waals surface area contributed by atoms with Crippen molar-refractivity contribution in [3.63, 3.8) is 0 Å². The third kappa shape index (κ3) is 3.73. The van der Waals surface area contributed by atoms with E-state index in [4.69, 9.17) is 0 Å². The molecule has 0 aliphatic heterocycles. The maximum Gasteiger partial charge on any atom is 0.255 e. The number of hydrogen-bond acceptors (Lipinski definition) is 1. The normalized spacial score (nSPS) is 11.3. The van der Waals surface area contributed by atoms with Gasteiger partial charge in [-0.1, -0.05) is 45.0 Å². The van der Waals surface area contributed by atoms with Gasteiger partial charge in [-0.2, -0.15) is 0 Å². The number of anilines is 1. The molecule has 0 spiro atoms. The summed E-state index contributed by atoms with van der Waals surface area (Å²) < 4.78 is 0.884. The lowest BCUT2D eigenvalue weighted by Gasteiger charge is -2.22. The number of amides is 1.